The molecular formula is C17H24N2O2. The van der Waals surface area contributed by atoms with Gasteiger partial charge in [0.05, 0.1) is 6.10 Å². The maximum Gasteiger partial charge on any atom is 0.220 e. The standard InChI is InChI=1S/C17H24N2O2/c1-12(9-13(2)20)11-19-17(21)6-4-14-3-5-16-15(10-14)7-8-18-16/h3,5,7-8,10,12-13,18,20H,4,6,9,11H2,1-2H3,(H,19,21). The predicted octanol–water partition coefficient (Wildman–Crippen LogP) is 2.62. The van der Waals surface area contributed by atoms with Crippen LogP contribution in [0.5, 0.6) is 0 Å². The van der Waals surface area contributed by atoms with Gasteiger partial charge < -0.3 is 15.4 Å². The Bertz CT molecular complexity index is 589. The monoisotopic (exact) mass is 288 g/mol. The molecule has 3 N–H and O–H groups in total. The van der Waals surface area contributed by atoms with Gasteiger partial charge in [0.25, 0.3) is 0 Å². The number of nitrogens with one attached hydrogen (secondary N) is 2. The van der Waals surface area contributed by atoms with E-state index in [0.717, 1.165) is 11.9 Å². The second-order valence-corrected chi connectivity index (χ2v) is 5.89. The van der Waals surface area contributed by atoms with E-state index in [1.54, 1.807) is 6.92 Å². The minimum absolute atomic E-state index is 0.0709. The van der Waals surface area contributed by atoms with Crippen molar-refractivity contribution in [2.45, 2.75) is 39.2 Å². The zero-order valence-electron chi connectivity index (χ0n) is 12.7. The molecule has 1 aromatic heterocycles. The van der Waals surface area contributed by atoms with Crippen LogP contribution in [0.4, 0.5) is 0 Å². The zero-order chi connectivity index (χ0) is 15.2. The number of aryl methyl sites for hydroxylation is 1. The number of aliphatic hydroxyl groups is 1. The number of benzene rings is 1. The van der Waals surface area contributed by atoms with Crippen LogP contribution < -0.4 is 5.32 Å². The van der Waals surface area contributed by atoms with E-state index in [2.05, 4.69) is 22.4 Å². The van der Waals surface area contributed by atoms with Crippen LogP contribution >= 0.6 is 0 Å². The van der Waals surface area contributed by atoms with E-state index in [1.807, 2.05) is 25.3 Å². The first-order valence-corrected chi connectivity index (χ1v) is 7.55. The average molecular weight is 288 g/mol. The summed E-state index contributed by atoms with van der Waals surface area (Å²) in [7, 11) is 0. The summed E-state index contributed by atoms with van der Waals surface area (Å²) in [6.07, 6.45) is 3.56. The van der Waals surface area contributed by atoms with E-state index in [0.29, 0.717) is 25.3 Å². The van der Waals surface area contributed by atoms with Gasteiger partial charge in [0.15, 0.2) is 0 Å². The first-order chi connectivity index (χ1) is 10.0. The average Bonchev–Trinajstić information content (AvgIpc) is 2.89. The van der Waals surface area contributed by atoms with E-state index >= 15 is 0 Å². The van der Waals surface area contributed by atoms with E-state index in [9.17, 15) is 9.90 Å². The normalized spacial score (nSPS) is 14.0. The number of rotatable bonds is 7. The molecule has 0 aliphatic heterocycles. The lowest BCUT2D eigenvalue weighted by Gasteiger charge is -2.14. The van der Waals surface area contributed by atoms with Gasteiger partial charge in [-0.3, -0.25) is 4.79 Å². The lowest BCUT2D eigenvalue weighted by Crippen LogP contribution is -2.29. The van der Waals surface area contributed by atoms with Crippen LogP contribution in [-0.4, -0.2) is 28.6 Å². The van der Waals surface area contributed by atoms with Gasteiger partial charge in [-0.1, -0.05) is 13.0 Å². The number of carbonyl (C=O) groups is 1. The lowest BCUT2D eigenvalue weighted by atomic mass is 10.0. The Kier molecular flexibility index (Phi) is 5.39. The summed E-state index contributed by atoms with van der Waals surface area (Å²) < 4.78 is 0. The van der Waals surface area contributed by atoms with Gasteiger partial charge in [-0.15, -0.1) is 0 Å². The maximum atomic E-state index is 11.8. The van der Waals surface area contributed by atoms with Crippen molar-refractivity contribution in [2.75, 3.05) is 6.54 Å². The van der Waals surface area contributed by atoms with Crippen LogP contribution in [0, 0.1) is 5.92 Å². The molecule has 1 heterocycles. The molecule has 2 rings (SSSR count). The van der Waals surface area contributed by atoms with Crippen molar-refractivity contribution in [2.24, 2.45) is 5.92 Å². The topological polar surface area (TPSA) is 65.1 Å². The number of amides is 1. The van der Waals surface area contributed by atoms with Gasteiger partial charge >= 0.3 is 0 Å². The number of fused-ring (bicyclic) bond motifs is 1. The van der Waals surface area contributed by atoms with Gasteiger partial charge in [0.2, 0.25) is 5.91 Å². The predicted molar refractivity (Wildman–Crippen MR) is 85.1 cm³/mol. The molecule has 114 valence electrons. The summed E-state index contributed by atoms with van der Waals surface area (Å²) in [4.78, 5) is 15.0. The number of hydrogen-bond donors (Lipinski definition) is 3. The molecule has 21 heavy (non-hydrogen) atoms. The second-order valence-electron chi connectivity index (χ2n) is 5.89. The van der Waals surface area contributed by atoms with Crippen molar-refractivity contribution >= 4 is 16.8 Å². The van der Waals surface area contributed by atoms with Crippen molar-refractivity contribution in [1.29, 1.82) is 0 Å². The third-order valence-corrected chi connectivity index (χ3v) is 3.65. The number of aromatic amines is 1. The second kappa shape index (κ2) is 7.27. The minimum Gasteiger partial charge on any atom is -0.393 e. The highest BCUT2D eigenvalue weighted by Gasteiger charge is 2.08. The maximum absolute atomic E-state index is 11.8. The highest BCUT2D eigenvalue weighted by Crippen LogP contribution is 2.15. The molecule has 2 atom stereocenters. The highest BCUT2D eigenvalue weighted by molar-refractivity contribution is 5.80. The third-order valence-electron chi connectivity index (χ3n) is 3.65. The van der Waals surface area contributed by atoms with Crippen LogP contribution in [0.15, 0.2) is 30.5 Å². The van der Waals surface area contributed by atoms with Gasteiger partial charge in [0.1, 0.15) is 0 Å². The number of aliphatic hydroxyl groups excluding tert-OH is 1. The van der Waals surface area contributed by atoms with Crippen molar-refractivity contribution < 1.29 is 9.90 Å². The molecule has 0 saturated heterocycles. The Morgan fingerprint density at radius 1 is 1.33 bits per heavy atom. The summed E-state index contributed by atoms with van der Waals surface area (Å²) in [6, 6.07) is 8.27. The molecule has 1 aromatic carbocycles. The number of hydrogen-bond acceptors (Lipinski definition) is 2. The van der Waals surface area contributed by atoms with Crippen LogP contribution in [0.2, 0.25) is 0 Å². The molecule has 0 radical (unpaired) electrons. The van der Waals surface area contributed by atoms with Crippen LogP contribution in [0.3, 0.4) is 0 Å². The Morgan fingerprint density at radius 2 is 2.14 bits per heavy atom. The number of H-pyrrole nitrogens is 1. The number of aromatic nitrogens is 1. The largest absolute Gasteiger partial charge is 0.393 e. The summed E-state index contributed by atoms with van der Waals surface area (Å²) >= 11 is 0. The quantitative estimate of drug-likeness (QED) is 0.733. The Hall–Kier alpha value is -1.81. The lowest BCUT2D eigenvalue weighted by molar-refractivity contribution is -0.121. The molecule has 4 heteroatoms. The fourth-order valence-corrected chi connectivity index (χ4v) is 2.56. The Morgan fingerprint density at radius 3 is 2.90 bits per heavy atom. The van der Waals surface area contributed by atoms with Gasteiger partial charge in [0, 0.05) is 24.7 Å². The molecule has 2 aromatic rings. The minimum atomic E-state index is -0.315. The molecule has 0 spiro atoms. The van der Waals surface area contributed by atoms with Crippen LogP contribution in [0.1, 0.15) is 32.3 Å². The SMILES string of the molecule is CC(O)CC(C)CNC(=O)CCc1ccc2[nH]ccc2c1. The molecule has 0 saturated carbocycles. The van der Waals surface area contributed by atoms with E-state index < -0.39 is 0 Å². The summed E-state index contributed by atoms with van der Waals surface area (Å²) in [6.45, 7) is 4.43. The fraction of sp³-hybridized carbons (Fsp3) is 0.471. The van der Waals surface area contributed by atoms with Gasteiger partial charge in [-0.05, 0) is 54.8 Å². The molecule has 0 fully saturated rings. The molecule has 0 aliphatic rings. The molecule has 1 amide bonds. The van der Waals surface area contributed by atoms with Crippen molar-refractivity contribution in [1.82, 2.24) is 10.3 Å². The number of carbonyl (C=O) groups excluding carboxylic acids is 1. The van der Waals surface area contributed by atoms with Crippen molar-refractivity contribution in [3.63, 3.8) is 0 Å². The summed E-state index contributed by atoms with van der Waals surface area (Å²) in [5, 5.41) is 13.4. The van der Waals surface area contributed by atoms with Gasteiger partial charge in [-0.2, -0.15) is 0 Å². The first-order valence-electron chi connectivity index (χ1n) is 7.55. The van der Waals surface area contributed by atoms with E-state index in [4.69, 9.17) is 0 Å². The third kappa shape index (κ3) is 4.90. The Labute approximate surface area is 125 Å². The highest BCUT2D eigenvalue weighted by atomic mass is 16.3. The molecule has 2 unspecified atom stereocenters. The van der Waals surface area contributed by atoms with E-state index in [-0.39, 0.29) is 12.0 Å². The summed E-state index contributed by atoms with van der Waals surface area (Å²) in [5.74, 6) is 0.367. The molecular weight excluding hydrogens is 264 g/mol. The smallest absolute Gasteiger partial charge is 0.220 e. The van der Waals surface area contributed by atoms with Crippen molar-refractivity contribution in [3.8, 4) is 0 Å². The fourth-order valence-electron chi connectivity index (χ4n) is 2.56. The van der Waals surface area contributed by atoms with Gasteiger partial charge in [-0.25, -0.2) is 0 Å². The molecule has 0 bridgehead atoms. The zero-order valence-corrected chi connectivity index (χ0v) is 12.7. The van der Waals surface area contributed by atoms with Crippen molar-refractivity contribution in [3.05, 3.63) is 36.0 Å². The first kappa shape index (κ1) is 15.6. The van der Waals surface area contributed by atoms with E-state index in [1.165, 1.54) is 10.9 Å². The van der Waals surface area contributed by atoms with Crippen LogP contribution in [-0.2, 0) is 11.2 Å². The Balaban J connectivity index is 1.75. The summed E-state index contributed by atoms with van der Waals surface area (Å²) in [5.41, 5.74) is 2.30. The molecule has 0 aliphatic carbocycles. The molecule has 4 nitrogen and oxygen atoms in total. The van der Waals surface area contributed by atoms with Crippen LogP contribution in [0.25, 0.3) is 10.9 Å².